The second-order valence-corrected chi connectivity index (χ2v) is 26.4. The number of fused-ring (bicyclic) bond motifs is 20. The van der Waals surface area contributed by atoms with Gasteiger partial charge in [0.15, 0.2) is 23.3 Å². The SMILES string of the molecule is [2H]c1c([2H])c(-c2ccccc2)c2c(oc3c([2H])c(-c4nc(-c5ccc(-c6ccccc6)cc5)nc(-n5c6c([2H])c([2H])c([2H])c([2H])c6c6c7c(oc8c([2H])c([2H])c([2H])c([2H])c87)c([2H])c([2H])c65)n4)c([2H])c([2H])c32)c1[2H].[2H]c1c([2H])c([2H])c(-c2cccc3oc4cc(-c5nc(-c6ccccc6)nc(-n6c7c([2H])c([2H])c([2H])c([2H])c7c7c8c(oc9c([2H])c([2H])c([2H])c([2H])c98)c(-c8ccccc8)c([2H])c76)n5)ccc4c23)c([2H])c1[2H]. The molecular weight excluding hydrogens is 1400 g/mol. The van der Waals surface area contributed by atoms with Crippen molar-refractivity contribution in [2.75, 3.05) is 0 Å². The molecule has 0 bridgehead atoms. The molecule has 532 valence electrons. The summed E-state index contributed by atoms with van der Waals surface area (Å²) >= 11 is 0. The van der Waals surface area contributed by atoms with Crippen LogP contribution in [0.25, 0.3) is 233 Å². The molecule has 16 aromatic carbocycles. The van der Waals surface area contributed by atoms with Gasteiger partial charge in [-0.1, -0.05) is 285 Å². The minimum absolute atomic E-state index is 0.00228. The molecule has 0 saturated heterocycles. The molecule has 0 spiro atoms. The zero-order chi connectivity index (χ0) is 101. The highest BCUT2D eigenvalue weighted by atomic mass is 16.3. The van der Waals surface area contributed by atoms with E-state index in [2.05, 4.69) is 0 Å². The summed E-state index contributed by atoms with van der Waals surface area (Å²) in [5, 5.41) is 0.402. The fraction of sp³-hybridized carbons (Fsp3) is 0. The molecule has 24 aromatic rings. The first-order valence-corrected chi connectivity index (χ1v) is 35.6. The topological polar surface area (TPSA) is 140 Å². The van der Waals surface area contributed by atoms with E-state index in [1.807, 2.05) is 36.4 Å². The number of hydrogen-bond acceptors (Lipinski definition) is 10. The van der Waals surface area contributed by atoms with E-state index in [-0.39, 0.29) is 179 Å². The van der Waals surface area contributed by atoms with Crippen LogP contribution in [0.1, 0.15) is 41.1 Å². The Balaban J connectivity index is 0.000000160. The maximum atomic E-state index is 10.1. The standard InChI is InChI=1S/2C51H30N4O2/c1-4-15-31(16-5-1)35-23-14-26-43-45(35)38-28-27-34(29-44(38)56-43)50-52-49(33-19-8-3-9-20-33)53-51(54-50)55-40-24-12-10-21-36(40)46-41(55)30-39(32-17-6-2-7-18-32)48-47(46)37-22-11-13-25-42(37)57-48;1-3-12-31(13-4-1)32-22-24-34(25-23-32)49-52-50(35-26-27-39-45(30-35)57-43-21-11-18-36(46(39)43)33-14-5-2-6-15-33)54-51(53-49)55-40-19-9-7-16-37(40)47-41(55)28-29-44-48(47)38-17-8-10-20-42(38)56-44/h2*1-30H/i1D,4D,5D,10D,11D,12D,13D,15D,16D,21D,22D,24D,25D,30D;7D,8D,9D,10D,11D,16D,17D,18D,19D,20D,21D,26D,27D,28D,29D,30D. The van der Waals surface area contributed by atoms with E-state index in [1.165, 1.54) is 4.57 Å². The molecule has 0 aliphatic rings. The highest BCUT2D eigenvalue weighted by Gasteiger charge is 2.27. The lowest BCUT2D eigenvalue weighted by Crippen LogP contribution is -2.06. The molecule has 8 heterocycles. The van der Waals surface area contributed by atoms with Crippen LogP contribution in [0.15, 0.2) is 381 Å². The van der Waals surface area contributed by atoms with Crippen LogP contribution in [0.4, 0.5) is 0 Å². The second-order valence-electron chi connectivity index (χ2n) is 26.4. The molecule has 8 aromatic heterocycles. The van der Waals surface area contributed by atoms with Crippen molar-refractivity contribution < 1.29 is 58.8 Å². The lowest BCUT2D eigenvalue weighted by molar-refractivity contribution is 0.668. The van der Waals surface area contributed by atoms with Crippen LogP contribution >= 0.6 is 0 Å². The minimum Gasteiger partial charge on any atom is -0.456 e. The summed E-state index contributed by atoms with van der Waals surface area (Å²) in [7, 11) is 0. The van der Waals surface area contributed by atoms with Crippen LogP contribution in [0.5, 0.6) is 0 Å². The second kappa shape index (κ2) is 26.0. The molecule has 0 amide bonds. The number of benzene rings is 16. The molecule has 0 atom stereocenters. The molecule has 0 radical (unpaired) electrons. The summed E-state index contributed by atoms with van der Waals surface area (Å²) in [5.41, 5.74) is 2.94. The van der Waals surface area contributed by atoms with Gasteiger partial charge in [-0.05, 0) is 118 Å². The van der Waals surface area contributed by atoms with Crippen molar-refractivity contribution in [1.29, 1.82) is 0 Å². The molecule has 12 nitrogen and oxygen atoms in total. The number of hydrogen-bond donors (Lipinski definition) is 0. The maximum absolute atomic E-state index is 10.1. The lowest BCUT2D eigenvalue weighted by atomic mass is 9.98. The summed E-state index contributed by atoms with van der Waals surface area (Å²) in [6.07, 6.45) is 0. The fourth-order valence-corrected chi connectivity index (χ4v) is 15.0. The zero-order valence-electron chi connectivity index (χ0n) is 88.5. The quantitative estimate of drug-likeness (QED) is 0.130. The number of furan rings is 4. The Morgan fingerprint density at radius 1 is 0.219 bits per heavy atom. The van der Waals surface area contributed by atoms with Crippen LogP contribution < -0.4 is 0 Å². The smallest absolute Gasteiger partial charge is 0.238 e. The summed E-state index contributed by atoms with van der Waals surface area (Å²) in [6, 6.07) is 37.3. The van der Waals surface area contributed by atoms with E-state index >= 15 is 0 Å². The predicted octanol–water partition coefficient (Wildman–Crippen LogP) is 26.9. The summed E-state index contributed by atoms with van der Waals surface area (Å²) < 4.78 is 297. The first kappa shape index (κ1) is 41.2. The molecule has 24 rings (SSSR count). The van der Waals surface area contributed by atoms with Crippen LogP contribution in [-0.4, -0.2) is 39.0 Å². The lowest BCUT2D eigenvalue weighted by Gasteiger charge is -2.12. The Kier molecular flexibility index (Phi) is 9.41. The summed E-state index contributed by atoms with van der Waals surface area (Å²) in [5.74, 6) is -0.887. The van der Waals surface area contributed by atoms with E-state index in [1.54, 1.807) is 146 Å². The van der Waals surface area contributed by atoms with Crippen molar-refractivity contribution >= 4 is 131 Å². The molecule has 0 fully saturated rings. The number of aromatic nitrogens is 8. The van der Waals surface area contributed by atoms with Crippen LogP contribution in [-0.2, 0) is 0 Å². The molecule has 114 heavy (non-hydrogen) atoms. The highest BCUT2D eigenvalue weighted by Crippen LogP contribution is 2.48. The highest BCUT2D eigenvalue weighted by molar-refractivity contribution is 6.30. The summed E-state index contributed by atoms with van der Waals surface area (Å²) in [6.45, 7) is 0. The number of rotatable bonds is 10. The van der Waals surface area contributed by atoms with Gasteiger partial charge in [-0.2, -0.15) is 19.9 Å². The first-order chi connectivity index (χ1) is 69.0. The van der Waals surface area contributed by atoms with Crippen molar-refractivity contribution in [2.45, 2.75) is 0 Å². The van der Waals surface area contributed by atoms with Crippen LogP contribution in [0, 0.1) is 0 Å². The van der Waals surface area contributed by atoms with Gasteiger partial charge in [0.25, 0.3) is 0 Å². The largest absolute Gasteiger partial charge is 0.456 e. The Morgan fingerprint density at radius 2 is 0.702 bits per heavy atom. The van der Waals surface area contributed by atoms with Crippen LogP contribution in [0.2, 0.25) is 0 Å². The van der Waals surface area contributed by atoms with E-state index in [4.69, 9.17) is 73.6 Å². The van der Waals surface area contributed by atoms with Gasteiger partial charge in [-0.15, -0.1) is 0 Å². The third-order valence-electron chi connectivity index (χ3n) is 20.0. The third kappa shape index (κ3) is 10.5. The number of nitrogens with zero attached hydrogens (tertiary/aromatic N) is 8. The van der Waals surface area contributed by atoms with Crippen molar-refractivity contribution in [3.8, 4) is 102 Å². The summed E-state index contributed by atoms with van der Waals surface area (Å²) in [4.78, 5) is 29.3. The van der Waals surface area contributed by atoms with Crippen molar-refractivity contribution in [1.82, 2.24) is 39.0 Å². The van der Waals surface area contributed by atoms with Crippen molar-refractivity contribution in [2.24, 2.45) is 0 Å². The van der Waals surface area contributed by atoms with Gasteiger partial charge in [0.1, 0.15) is 44.7 Å². The predicted molar refractivity (Wildman–Crippen MR) is 461 cm³/mol. The average molecular weight is 1490 g/mol. The van der Waals surface area contributed by atoms with E-state index in [0.29, 0.717) is 55.3 Å². The minimum atomic E-state index is -0.702. The fourth-order valence-electron chi connectivity index (χ4n) is 15.0. The number of para-hydroxylation sites is 4. The van der Waals surface area contributed by atoms with Gasteiger partial charge in [0.05, 0.1) is 63.2 Å². The Bertz CT molecular complexity index is 9880. The zero-order valence-corrected chi connectivity index (χ0v) is 58.5. The van der Waals surface area contributed by atoms with E-state index in [9.17, 15) is 15.1 Å². The Morgan fingerprint density at radius 3 is 1.39 bits per heavy atom. The van der Waals surface area contributed by atoms with Crippen LogP contribution in [0.3, 0.4) is 0 Å². The van der Waals surface area contributed by atoms with Gasteiger partial charge < -0.3 is 17.7 Å². The molecule has 0 N–H and O–H groups in total. The average Bonchev–Trinajstić information content (AvgIpc) is 1.51. The molecular formula is C102H60N8O4. The molecule has 0 aliphatic carbocycles. The molecule has 12 heteroatoms. The maximum Gasteiger partial charge on any atom is 0.238 e. The van der Waals surface area contributed by atoms with E-state index < -0.39 is 169 Å². The van der Waals surface area contributed by atoms with Gasteiger partial charge in [0.2, 0.25) is 11.9 Å². The molecule has 0 unspecified atom stereocenters. The van der Waals surface area contributed by atoms with Gasteiger partial charge in [0, 0.05) is 92.5 Å². The third-order valence-corrected chi connectivity index (χ3v) is 20.0. The van der Waals surface area contributed by atoms with Gasteiger partial charge in [-0.3, -0.25) is 9.13 Å². The first-order valence-electron chi connectivity index (χ1n) is 50.6. The van der Waals surface area contributed by atoms with E-state index in [0.717, 1.165) is 15.7 Å². The molecule has 0 aliphatic heterocycles. The van der Waals surface area contributed by atoms with Crippen molar-refractivity contribution in [3.63, 3.8) is 0 Å². The Labute approximate surface area is 692 Å². The monoisotopic (exact) mass is 1490 g/mol. The van der Waals surface area contributed by atoms with Gasteiger partial charge >= 0.3 is 0 Å². The van der Waals surface area contributed by atoms with Crippen molar-refractivity contribution in [3.05, 3.63) is 363 Å². The normalized spacial score (nSPS) is 15.5. The Hall–Kier alpha value is -15.7. The molecule has 0 saturated carbocycles. The van der Waals surface area contributed by atoms with Gasteiger partial charge in [-0.25, -0.2) is 9.97 Å².